The number of Topliss-reactive ketones (excluding diaryl/α,β-unsaturated/α-hetero) is 1. The fourth-order valence-electron chi connectivity index (χ4n) is 1.65. The minimum Gasteiger partial charge on any atom is -0.464 e. The predicted molar refractivity (Wildman–Crippen MR) is 84.9 cm³/mol. The monoisotopic (exact) mass is 351 g/mol. The number of halogens is 2. The number of hydrogen-bond acceptors (Lipinski definition) is 5. The quantitative estimate of drug-likeness (QED) is 0.601. The second kappa shape index (κ2) is 9.21. The first kappa shape index (κ1) is 19.9. The maximum Gasteiger partial charge on any atom is 0.367 e. The number of carbonyl (C=O) groups is 4. The Labute approximate surface area is 142 Å². The molecular weight excluding hydrogens is 336 g/mol. The Morgan fingerprint density at radius 1 is 1.04 bits per heavy atom. The number of rotatable bonds is 7. The summed E-state index contributed by atoms with van der Waals surface area (Å²) in [5, 5.41) is 2.34. The summed E-state index contributed by atoms with van der Waals surface area (Å²) in [6.45, 7) is 0.988. The molecule has 1 rings (SSSR count). The van der Waals surface area contributed by atoms with E-state index in [1.165, 1.54) is 24.3 Å². The van der Waals surface area contributed by atoms with Gasteiger partial charge in [-0.2, -0.15) is 4.39 Å². The van der Waals surface area contributed by atoms with Crippen LogP contribution in [-0.2, 0) is 30.3 Å². The third-order valence-corrected chi connectivity index (χ3v) is 2.86. The summed E-state index contributed by atoms with van der Waals surface area (Å²) in [5.74, 6) is -6.03. The summed E-state index contributed by atoms with van der Waals surface area (Å²) in [4.78, 5) is 44.6. The van der Waals surface area contributed by atoms with E-state index in [0.29, 0.717) is 23.4 Å². The molecule has 25 heavy (non-hydrogen) atoms. The van der Waals surface area contributed by atoms with Crippen LogP contribution < -0.4 is 5.32 Å². The fourth-order valence-corrected chi connectivity index (χ4v) is 1.65. The molecule has 0 unspecified atom stereocenters. The highest BCUT2D eigenvalue weighted by Crippen LogP contribution is 2.12. The van der Waals surface area contributed by atoms with Gasteiger partial charge in [-0.3, -0.25) is 14.4 Å². The van der Waals surface area contributed by atoms with Crippen molar-refractivity contribution in [1.29, 1.82) is 0 Å². The second-order valence-corrected chi connectivity index (χ2v) is 4.86. The summed E-state index contributed by atoms with van der Waals surface area (Å²) in [6, 6.07) is 5.87. The van der Waals surface area contributed by atoms with Crippen LogP contribution in [0.25, 0.3) is 0 Å². The van der Waals surface area contributed by atoms with E-state index in [9.17, 15) is 28.0 Å². The molecule has 0 saturated carbocycles. The lowest BCUT2D eigenvalue weighted by atomic mass is 10.1. The van der Waals surface area contributed by atoms with Gasteiger partial charge in [-0.15, -0.1) is 0 Å². The van der Waals surface area contributed by atoms with Crippen LogP contribution in [0.5, 0.6) is 0 Å². The lowest BCUT2D eigenvalue weighted by Crippen LogP contribution is -2.10. The van der Waals surface area contributed by atoms with Crippen LogP contribution in [0.15, 0.2) is 48.1 Å². The van der Waals surface area contributed by atoms with Crippen molar-refractivity contribution in [3.63, 3.8) is 0 Å². The highest BCUT2D eigenvalue weighted by atomic mass is 19.1. The van der Waals surface area contributed by atoms with E-state index in [0.717, 1.165) is 14.0 Å². The number of nitrogens with one attached hydrogen (secondary N) is 1. The van der Waals surface area contributed by atoms with Gasteiger partial charge in [0.25, 0.3) is 5.91 Å². The van der Waals surface area contributed by atoms with E-state index in [1.54, 1.807) is 0 Å². The lowest BCUT2D eigenvalue weighted by molar-refractivity contribution is -0.138. The molecule has 0 aliphatic rings. The van der Waals surface area contributed by atoms with E-state index >= 15 is 0 Å². The van der Waals surface area contributed by atoms with Crippen molar-refractivity contribution in [3.8, 4) is 0 Å². The van der Waals surface area contributed by atoms with E-state index in [2.05, 4.69) is 10.1 Å². The number of methoxy groups -OCH3 is 1. The van der Waals surface area contributed by atoms with Gasteiger partial charge >= 0.3 is 5.97 Å². The third kappa shape index (κ3) is 6.86. The Bertz CT molecular complexity index is 751. The molecule has 1 aromatic carbocycles. The number of benzene rings is 1. The second-order valence-electron chi connectivity index (χ2n) is 4.86. The van der Waals surface area contributed by atoms with Crippen LogP contribution in [0, 0.1) is 0 Å². The zero-order chi connectivity index (χ0) is 19.0. The predicted octanol–water partition coefficient (Wildman–Crippen LogP) is 2.21. The molecule has 0 aromatic heterocycles. The first-order valence-corrected chi connectivity index (χ1v) is 6.99. The standard InChI is InChI=1S/C17H15F2NO5/c1-10(21)14(18)9-16(23)20-12-5-3-11(4-6-12)7-13(22)8-15(19)17(24)25-2/h3-6,8-9H,7H2,1-2H3,(H,20,23)/b14-9+,15-8+. The molecule has 0 aliphatic heterocycles. The first-order valence-electron chi connectivity index (χ1n) is 6.99. The van der Waals surface area contributed by atoms with Crippen molar-refractivity contribution in [1.82, 2.24) is 0 Å². The number of anilines is 1. The normalized spacial score (nSPS) is 11.7. The zero-order valence-corrected chi connectivity index (χ0v) is 13.5. The van der Waals surface area contributed by atoms with Gasteiger partial charge in [0.15, 0.2) is 17.4 Å². The number of allylic oxidation sites excluding steroid dienone is 2. The number of hydrogen-bond donors (Lipinski definition) is 1. The van der Waals surface area contributed by atoms with Crippen LogP contribution in [0.3, 0.4) is 0 Å². The Balaban J connectivity index is 2.69. The Morgan fingerprint density at radius 3 is 2.16 bits per heavy atom. The fraction of sp³-hybridized carbons (Fsp3) is 0.176. The molecule has 0 fully saturated rings. The molecular formula is C17H15F2NO5. The van der Waals surface area contributed by atoms with Gasteiger partial charge in [-0.05, 0) is 17.7 Å². The maximum absolute atomic E-state index is 13.2. The summed E-state index contributed by atoms with van der Waals surface area (Å²) in [5.41, 5.74) is 0.812. The van der Waals surface area contributed by atoms with Gasteiger partial charge in [0.1, 0.15) is 0 Å². The molecule has 0 bridgehead atoms. The van der Waals surface area contributed by atoms with Gasteiger partial charge < -0.3 is 10.1 Å². The molecule has 0 saturated heterocycles. The molecule has 8 heteroatoms. The molecule has 0 heterocycles. The summed E-state index contributed by atoms with van der Waals surface area (Å²) < 4.78 is 30.3. The maximum atomic E-state index is 13.2. The van der Waals surface area contributed by atoms with Crippen molar-refractivity contribution in [2.24, 2.45) is 0 Å². The third-order valence-electron chi connectivity index (χ3n) is 2.86. The molecule has 0 aliphatic carbocycles. The highest BCUT2D eigenvalue weighted by molar-refractivity contribution is 6.05. The van der Waals surface area contributed by atoms with Crippen LogP contribution in [0.4, 0.5) is 14.5 Å². The van der Waals surface area contributed by atoms with Crippen LogP contribution in [-0.4, -0.2) is 30.6 Å². The van der Waals surface area contributed by atoms with E-state index in [1.807, 2.05) is 0 Å². The summed E-state index contributed by atoms with van der Waals surface area (Å²) >= 11 is 0. The highest BCUT2D eigenvalue weighted by Gasteiger charge is 2.11. The zero-order valence-electron chi connectivity index (χ0n) is 13.5. The van der Waals surface area contributed by atoms with Crippen molar-refractivity contribution < 1.29 is 32.7 Å². The Hall–Kier alpha value is -3.16. The van der Waals surface area contributed by atoms with Gasteiger partial charge in [-0.25, -0.2) is 9.18 Å². The Kier molecular flexibility index (Phi) is 7.33. The Morgan fingerprint density at radius 2 is 1.64 bits per heavy atom. The average molecular weight is 351 g/mol. The van der Waals surface area contributed by atoms with E-state index in [4.69, 9.17) is 0 Å². The molecule has 0 spiro atoms. The average Bonchev–Trinajstić information content (AvgIpc) is 2.55. The molecule has 6 nitrogen and oxygen atoms in total. The van der Waals surface area contributed by atoms with Gasteiger partial charge in [0.05, 0.1) is 7.11 Å². The van der Waals surface area contributed by atoms with E-state index in [-0.39, 0.29) is 6.42 Å². The number of amides is 1. The van der Waals surface area contributed by atoms with Crippen LogP contribution in [0.2, 0.25) is 0 Å². The first-order chi connectivity index (χ1) is 11.7. The molecule has 0 radical (unpaired) electrons. The van der Waals surface area contributed by atoms with Crippen molar-refractivity contribution in [3.05, 3.63) is 53.6 Å². The van der Waals surface area contributed by atoms with Gasteiger partial charge in [-0.1, -0.05) is 12.1 Å². The molecule has 1 aromatic rings. The van der Waals surface area contributed by atoms with Gasteiger partial charge in [0, 0.05) is 31.2 Å². The molecule has 0 atom stereocenters. The van der Waals surface area contributed by atoms with Crippen LogP contribution >= 0.6 is 0 Å². The SMILES string of the molecule is COC(=O)/C(F)=C\C(=O)Cc1ccc(NC(=O)/C=C(/F)C(C)=O)cc1. The lowest BCUT2D eigenvalue weighted by Gasteiger charge is -2.04. The smallest absolute Gasteiger partial charge is 0.367 e. The summed E-state index contributed by atoms with van der Waals surface area (Å²) in [6.07, 6.45) is 0.897. The van der Waals surface area contributed by atoms with Crippen molar-refractivity contribution >= 4 is 29.1 Å². The van der Waals surface area contributed by atoms with E-state index < -0.39 is 35.1 Å². The number of ketones is 2. The van der Waals surface area contributed by atoms with Crippen molar-refractivity contribution in [2.75, 3.05) is 12.4 Å². The molecule has 132 valence electrons. The topological polar surface area (TPSA) is 89.5 Å². The number of esters is 1. The number of ether oxygens (including phenoxy) is 1. The van der Waals surface area contributed by atoms with Crippen molar-refractivity contribution in [2.45, 2.75) is 13.3 Å². The molecule has 1 amide bonds. The van der Waals surface area contributed by atoms with Crippen LogP contribution in [0.1, 0.15) is 12.5 Å². The largest absolute Gasteiger partial charge is 0.464 e. The van der Waals surface area contributed by atoms with Gasteiger partial charge in [0.2, 0.25) is 5.83 Å². The molecule has 1 N–H and O–H groups in total. The minimum absolute atomic E-state index is 0.169. The minimum atomic E-state index is -1.30. The number of carbonyl (C=O) groups excluding carboxylic acids is 4. The summed E-state index contributed by atoms with van der Waals surface area (Å²) in [7, 11) is 0.991.